The highest BCUT2D eigenvalue weighted by molar-refractivity contribution is 6.01. The highest BCUT2D eigenvalue weighted by Crippen LogP contribution is 2.26. The van der Waals surface area contributed by atoms with Crippen molar-refractivity contribution in [3.05, 3.63) is 65.7 Å². The number of rotatable bonds is 8. The van der Waals surface area contributed by atoms with Crippen molar-refractivity contribution < 1.29 is 24.6 Å². The van der Waals surface area contributed by atoms with Gasteiger partial charge < -0.3 is 10.2 Å². The molecule has 0 saturated carbocycles. The lowest BCUT2D eigenvalue weighted by molar-refractivity contribution is -0.140. The van der Waals surface area contributed by atoms with Crippen LogP contribution in [0.2, 0.25) is 0 Å². The number of aryl methyl sites for hydroxylation is 2. The molecule has 2 aromatic carbocycles. The smallest absolute Gasteiger partial charge is 0.323 e. The van der Waals surface area contributed by atoms with Gasteiger partial charge in [0.05, 0.1) is 6.04 Å². The van der Waals surface area contributed by atoms with E-state index in [-0.39, 0.29) is 12.4 Å². The molecule has 0 aromatic heterocycles. The number of para-hydroxylation sites is 1. The van der Waals surface area contributed by atoms with Gasteiger partial charge in [-0.3, -0.25) is 24.6 Å². The number of hydrogen-bond donors (Lipinski definition) is 3. The fraction of sp³-hybridized carbons (Fsp3) is 0.348. The van der Waals surface area contributed by atoms with Crippen molar-refractivity contribution in [3.63, 3.8) is 0 Å². The summed E-state index contributed by atoms with van der Waals surface area (Å²) in [7, 11) is 0. The Kier molecular flexibility index (Phi) is 9.03. The molecule has 1 heterocycles. The van der Waals surface area contributed by atoms with E-state index in [2.05, 4.69) is 5.32 Å². The summed E-state index contributed by atoms with van der Waals surface area (Å²) < 4.78 is 0. The summed E-state index contributed by atoms with van der Waals surface area (Å²) in [6.07, 6.45) is 2.73. The number of hydrogen-bond acceptors (Lipinski definition) is 4. The van der Waals surface area contributed by atoms with Crippen LogP contribution in [0.4, 0.5) is 5.69 Å². The summed E-state index contributed by atoms with van der Waals surface area (Å²) in [6.45, 7) is -0.463. The predicted octanol–water partition coefficient (Wildman–Crippen LogP) is 2.91. The average Bonchev–Trinajstić information content (AvgIpc) is 2.73. The molecule has 0 unspecified atom stereocenters. The fourth-order valence-electron chi connectivity index (χ4n) is 3.84. The van der Waals surface area contributed by atoms with Gasteiger partial charge in [0, 0.05) is 5.69 Å². The third-order valence-corrected chi connectivity index (χ3v) is 5.34. The zero-order valence-electron chi connectivity index (χ0n) is 17.1. The van der Waals surface area contributed by atoms with E-state index < -0.39 is 36.5 Å². The molecular formula is C23H27ClN2O5. The quantitative estimate of drug-likeness (QED) is 0.575. The number of nitrogens with one attached hydrogen (secondary N) is 1. The van der Waals surface area contributed by atoms with Crippen molar-refractivity contribution in [1.82, 2.24) is 5.32 Å². The van der Waals surface area contributed by atoms with E-state index in [9.17, 15) is 24.6 Å². The van der Waals surface area contributed by atoms with Crippen LogP contribution in [0.15, 0.2) is 54.6 Å². The van der Waals surface area contributed by atoms with Crippen molar-refractivity contribution >= 4 is 35.9 Å². The third kappa shape index (κ3) is 6.54. The number of fused-ring (bicyclic) bond motifs is 1. The number of carbonyl (C=O) groups excluding carboxylic acids is 1. The molecule has 3 rings (SSSR count). The maximum Gasteiger partial charge on any atom is 0.323 e. The SMILES string of the molecule is Cl.O=C(O)CN1C(=O)[C@@H](N[C@@H](CCc2ccccc2)C(=O)O)CCCc2ccccc21. The van der Waals surface area contributed by atoms with Crippen LogP contribution in [0.1, 0.15) is 30.4 Å². The topological polar surface area (TPSA) is 107 Å². The molecule has 0 spiro atoms. The Bertz CT molecular complexity index is 906. The minimum Gasteiger partial charge on any atom is -0.480 e. The Hall–Kier alpha value is -2.90. The number of aliphatic carboxylic acids is 2. The van der Waals surface area contributed by atoms with Crippen LogP contribution in [-0.2, 0) is 27.2 Å². The minimum absolute atomic E-state index is 0. The number of anilines is 1. The molecule has 0 fully saturated rings. The number of carboxylic acids is 2. The van der Waals surface area contributed by atoms with Gasteiger partial charge in [-0.25, -0.2) is 0 Å². The second kappa shape index (κ2) is 11.5. The Morgan fingerprint density at radius 2 is 1.74 bits per heavy atom. The number of nitrogens with zero attached hydrogens (tertiary/aromatic N) is 1. The molecule has 7 nitrogen and oxygen atoms in total. The van der Waals surface area contributed by atoms with Crippen LogP contribution >= 0.6 is 12.4 Å². The first-order valence-corrected chi connectivity index (χ1v) is 10.1. The summed E-state index contributed by atoms with van der Waals surface area (Å²) in [4.78, 5) is 37.7. The number of carboxylic acid groups (broad SMARTS) is 2. The Morgan fingerprint density at radius 3 is 2.42 bits per heavy atom. The zero-order chi connectivity index (χ0) is 21.5. The first-order chi connectivity index (χ1) is 14.5. The molecule has 1 aliphatic heterocycles. The molecule has 31 heavy (non-hydrogen) atoms. The van der Waals surface area contributed by atoms with Crippen LogP contribution in [0.25, 0.3) is 0 Å². The van der Waals surface area contributed by atoms with E-state index in [0.717, 1.165) is 11.1 Å². The summed E-state index contributed by atoms with van der Waals surface area (Å²) in [5, 5.41) is 22.0. The summed E-state index contributed by atoms with van der Waals surface area (Å²) in [5.74, 6) is -2.54. The zero-order valence-corrected chi connectivity index (χ0v) is 17.9. The number of carbonyl (C=O) groups is 3. The summed E-state index contributed by atoms with van der Waals surface area (Å²) >= 11 is 0. The van der Waals surface area contributed by atoms with Gasteiger partial charge in [0.15, 0.2) is 0 Å². The molecule has 2 atom stereocenters. The number of benzene rings is 2. The highest BCUT2D eigenvalue weighted by atomic mass is 35.5. The lowest BCUT2D eigenvalue weighted by Gasteiger charge is -2.32. The number of halogens is 1. The van der Waals surface area contributed by atoms with Gasteiger partial charge in [-0.2, -0.15) is 0 Å². The molecule has 3 N–H and O–H groups in total. The Morgan fingerprint density at radius 1 is 1.06 bits per heavy atom. The second-order valence-corrected chi connectivity index (χ2v) is 7.47. The van der Waals surface area contributed by atoms with Crippen LogP contribution in [-0.4, -0.2) is 46.7 Å². The van der Waals surface area contributed by atoms with Crippen LogP contribution in [0.5, 0.6) is 0 Å². The van der Waals surface area contributed by atoms with Gasteiger partial charge in [0.25, 0.3) is 0 Å². The highest BCUT2D eigenvalue weighted by Gasteiger charge is 2.32. The fourth-order valence-corrected chi connectivity index (χ4v) is 3.84. The van der Waals surface area contributed by atoms with Crippen molar-refractivity contribution in [2.75, 3.05) is 11.4 Å². The van der Waals surface area contributed by atoms with Crippen LogP contribution in [0, 0.1) is 0 Å². The van der Waals surface area contributed by atoms with E-state index in [1.54, 1.807) is 12.1 Å². The average molecular weight is 447 g/mol. The van der Waals surface area contributed by atoms with Gasteiger partial charge in [0.1, 0.15) is 12.6 Å². The van der Waals surface area contributed by atoms with Crippen molar-refractivity contribution in [2.45, 2.75) is 44.2 Å². The van der Waals surface area contributed by atoms with Gasteiger partial charge in [-0.05, 0) is 49.3 Å². The molecule has 166 valence electrons. The minimum atomic E-state index is -1.11. The lowest BCUT2D eigenvalue weighted by atomic mass is 9.97. The normalized spacial score (nSPS) is 17.0. The third-order valence-electron chi connectivity index (χ3n) is 5.34. The molecule has 8 heteroatoms. The second-order valence-electron chi connectivity index (χ2n) is 7.47. The van der Waals surface area contributed by atoms with E-state index >= 15 is 0 Å². The van der Waals surface area contributed by atoms with Gasteiger partial charge in [-0.1, -0.05) is 48.5 Å². The molecular weight excluding hydrogens is 420 g/mol. The molecule has 1 aliphatic rings. The van der Waals surface area contributed by atoms with Crippen molar-refractivity contribution in [3.8, 4) is 0 Å². The first kappa shape index (κ1) is 24.4. The molecule has 2 aromatic rings. The van der Waals surface area contributed by atoms with Crippen molar-refractivity contribution in [2.24, 2.45) is 0 Å². The van der Waals surface area contributed by atoms with E-state index in [1.165, 1.54) is 4.90 Å². The van der Waals surface area contributed by atoms with Crippen LogP contribution in [0.3, 0.4) is 0 Å². The number of amides is 1. The van der Waals surface area contributed by atoms with E-state index in [4.69, 9.17) is 0 Å². The largest absolute Gasteiger partial charge is 0.480 e. The predicted molar refractivity (Wildman–Crippen MR) is 120 cm³/mol. The molecule has 0 aliphatic carbocycles. The van der Waals surface area contributed by atoms with E-state index in [1.807, 2.05) is 42.5 Å². The maximum absolute atomic E-state index is 13.2. The summed E-state index contributed by atoms with van der Waals surface area (Å²) in [6, 6.07) is 15.2. The van der Waals surface area contributed by atoms with Gasteiger partial charge >= 0.3 is 11.9 Å². The standard InChI is InChI=1S/C23H26N2O5.ClH/c26-21(27)15-25-20-12-5-4-9-17(20)10-6-11-18(22(25)28)24-19(23(29)30)14-13-16-7-2-1-3-8-16;/h1-5,7-9,12,18-19,24H,6,10-11,13-15H2,(H,26,27)(H,29,30);1H/t18-,19-;/m0./s1. The van der Waals surface area contributed by atoms with E-state index in [0.29, 0.717) is 37.8 Å². The molecule has 0 saturated heterocycles. The van der Waals surface area contributed by atoms with Crippen LogP contribution < -0.4 is 10.2 Å². The first-order valence-electron chi connectivity index (χ1n) is 10.1. The maximum atomic E-state index is 13.2. The Labute approximate surface area is 187 Å². The van der Waals surface area contributed by atoms with Crippen molar-refractivity contribution in [1.29, 1.82) is 0 Å². The monoisotopic (exact) mass is 446 g/mol. The molecule has 0 radical (unpaired) electrons. The Balaban J connectivity index is 0.00000341. The summed E-state index contributed by atoms with van der Waals surface area (Å²) in [5.41, 5.74) is 2.52. The van der Waals surface area contributed by atoms with Gasteiger partial charge in [-0.15, -0.1) is 12.4 Å². The lowest BCUT2D eigenvalue weighted by Crippen LogP contribution is -2.54. The molecule has 1 amide bonds. The molecule has 0 bridgehead atoms. The van der Waals surface area contributed by atoms with Gasteiger partial charge in [0.2, 0.25) is 5.91 Å².